The van der Waals surface area contributed by atoms with Gasteiger partial charge in [-0.25, -0.2) is 0 Å². The second-order valence-corrected chi connectivity index (χ2v) is 12.6. The van der Waals surface area contributed by atoms with Gasteiger partial charge in [-0.2, -0.15) is 0 Å². The molecule has 6 heteroatoms. The van der Waals surface area contributed by atoms with E-state index in [4.69, 9.17) is 4.74 Å². The Balaban J connectivity index is 0.914. The van der Waals surface area contributed by atoms with Gasteiger partial charge in [0, 0.05) is 23.1 Å². The van der Waals surface area contributed by atoms with Crippen LogP contribution in [0.1, 0.15) is 99.4 Å². The smallest absolute Gasteiger partial charge is 0.255 e. The van der Waals surface area contributed by atoms with Crippen molar-refractivity contribution < 1.29 is 19.1 Å². The fraction of sp³-hybridized carbons (Fsp3) is 0.710. The van der Waals surface area contributed by atoms with Crippen LogP contribution in [0, 0.1) is 17.8 Å². The number of carbonyl (C=O) groups excluding carboxylic acids is 3. The Bertz CT molecular complexity index is 1050. The van der Waals surface area contributed by atoms with Gasteiger partial charge in [0.1, 0.15) is 11.5 Å². The van der Waals surface area contributed by atoms with E-state index in [-0.39, 0.29) is 23.9 Å². The van der Waals surface area contributed by atoms with E-state index in [2.05, 4.69) is 11.9 Å². The number of amides is 1. The minimum absolute atomic E-state index is 0.0197. The maximum absolute atomic E-state index is 13.0. The fourth-order valence-electron chi connectivity index (χ4n) is 8.66. The zero-order valence-corrected chi connectivity index (χ0v) is 22.4. The maximum atomic E-state index is 13.0. The van der Waals surface area contributed by atoms with Crippen molar-refractivity contribution in [2.45, 2.75) is 102 Å². The first-order chi connectivity index (χ1) is 17.9. The second-order valence-electron chi connectivity index (χ2n) is 12.6. The Morgan fingerprint density at radius 3 is 2.54 bits per heavy atom. The topological polar surface area (TPSA) is 66.9 Å². The van der Waals surface area contributed by atoms with Crippen LogP contribution < -0.4 is 4.74 Å². The number of fused-ring (bicyclic) bond motifs is 1. The molecule has 6 nitrogen and oxygen atoms in total. The van der Waals surface area contributed by atoms with Crippen molar-refractivity contribution in [2.24, 2.45) is 17.8 Å². The zero-order valence-electron chi connectivity index (χ0n) is 22.4. The number of unbranched alkanes of at least 4 members (excludes halogenated alkanes) is 4. The van der Waals surface area contributed by atoms with Gasteiger partial charge in [0.05, 0.1) is 25.6 Å². The summed E-state index contributed by atoms with van der Waals surface area (Å²) in [4.78, 5) is 41.4. The van der Waals surface area contributed by atoms with Crippen molar-refractivity contribution >= 4 is 17.5 Å². The van der Waals surface area contributed by atoms with Gasteiger partial charge in [-0.15, -0.1) is 0 Å². The molecule has 1 aromatic rings. The highest BCUT2D eigenvalue weighted by Crippen LogP contribution is 2.62. The molecule has 1 amide bonds. The third-order valence-electron chi connectivity index (χ3n) is 10.4. The predicted octanol–water partition coefficient (Wildman–Crippen LogP) is 5.17. The van der Waals surface area contributed by atoms with Gasteiger partial charge in [0.25, 0.3) is 5.91 Å². The maximum Gasteiger partial charge on any atom is 0.255 e. The SMILES string of the molecule is CN(CCCCCCCOc1cccc2c1CN(C1CCC(=O)CC1=O)C2=O)C12CC3CC(CC1C3)C2. The number of hydrogen-bond donors (Lipinski definition) is 0. The van der Waals surface area contributed by atoms with Crippen molar-refractivity contribution in [3.05, 3.63) is 29.3 Å². The molecule has 1 aliphatic heterocycles. The molecule has 3 unspecified atom stereocenters. The lowest BCUT2D eigenvalue weighted by atomic mass is 9.80. The Morgan fingerprint density at radius 1 is 1.00 bits per heavy atom. The van der Waals surface area contributed by atoms with E-state index in [0.29, 0.717) is 37.1 Å². The molecule has 1 aromatic carbocycles. The molecule has 5 aliphatic carbocycles. The average molecular weight is 507 g/mol. The van der Waals surface area contributed by atoms with Gasteiger partial charge in [-0.1, -0.05) is 25.3 Å². The van der Waals surface area contributed by atoms with E-state index in [1.54, 1.807) is 4.90 Å². The summed E-state index contributed by atoms with van der Waals surface area (Å²) in [6.07, 6.45) is 14.2. The number of ether oxygens (including phenoxy) is 1. The minimum atomic E-state index is -0.483. The van der Waals surface area contributed by atoms with Crippen LogP contribution in [0.25, 0.3) is 0 Å². The molecular formula is C31H42N2O4. The summed E-state index contributed by atoms with van der Waals surface area (Å²) in [7, 11) is 2.39. The van der Waals surface area contributed by atoms with E-state index >= 15 is 0 Å². The summed E-state index contributed by atoms with van der Waals surface area (Å²) >= 11 is 0. The molecule has 1 heterocycles. The molecule has 37 heavy (non-hydrogen) atoms. The van der Waals surface area contributed by atoms with Crippen LogP contribution in [-0.4, -0.2) is 59.1 Å². The van der Waals surface area contributed by atoms with Crippen LogP contribution in [-0.2, 0) is 16.1 Å². The minimum Gasteiger partial charge on any atom is -0.493 e. The summed E-state index contributed by atoms with van der Waals surface area (Å²) in [6.45, 7) is 2.28. The second kappa shape index (κ2) is 10.2. The first-order valence-electron chi connectivity index (χ1n) is 14.8. The van der Waals surface area contributed by atoms with E-state index in [1.165, 1.54) is 57.9 Å². The molecule has 0 saturated heterocycles. The van der Waals surface area contributed by atoms with Gasteiger partial charge in [-0.3, -0.25) is 14.4 Å². The van der Waals surface area contributed by atoms with Crippen molar-refractivity contribution in [3.8, 4) is 5.75 Å². The van der Waals surface area contributed by atoms with Crippen LogP contribution in [0.5, 0.6) is 5.75 Å². The molecule has 6 aliphatic rings. The van der Waals surface area contributed by atoms with Crippen molar-refractivity contribution in [3.63, 3.8) is 0 Å². The van der Waals surface area contributed by atoms with Gasteiger partial charge in [-0.05, 0) is 94.8 Å². The van der Waals surface area contributed by atoms with Crippen molar-refractivity contribution in [2.75, 3.05) is 20.2 Å². The lowest BCUT2D eigenvalue weighted by Crippen LogP contribution is -2.47. The third kappa shape index (κ3) is 4.64. The predicted molar refractivity (Wildman–Crippen MR) is 141 cm³/mol. The molecule has 0 spiro atoms. The summed E-state index contributed by atoms with van der Waals surface area (Å²) in [5, 5.41) is 0. The summed E-state index contributed by atoms with van der Waals surface area (Å²) in [5.74, 6) is 3.51. The van der Waals surface area contributed by atoms with Crippen LogP contribution in [0.4, 0.5) is 0 Å². The summed E-state index contributed by atoms with van der Waals surface area (Å²) in [6, 6.07) is 5.13. The van der Waals surface area contributed by atoms with Gasteiger partial charge >= 0.3 is 0 Å². The Labute approximate surface area is 221 Å². The first-order valence-corrected chi connectivity index (χ1v) is 14.8. The molecule has 5 saturated carbocycles. The highest BCUT2D eigenvalue weighted by molar-refractivity contribution is 6.07. The molecule has 0 aromatic heterocycles. The number of rotatable bonds is 11. The zero-order chi connectivity index (χ0) is 25.6. The van der Waals surface area contributed by atoms with E-state index in [9.17, 15) is 14.4 Å². The van der Waals surface area contributed by atoms with Crippen LogP contribution in [0.15, 0.2) is 18.2 Å². The summed E-state index contributed by atoms with van der Waals surface area (Å²) in [5.41, 5.74) is 2.07. The molecular weight excluding hydrogens is 464 g/mol. The number of hydrogen-bond acceptors (Lipinski definition) is 5. The number of benzene rings is 1. The molecule has 0 radical (unpaired) electrons. The third-order valence-corrected chi connectivity index (χ3v) is 10.4. The summed E-state index contributed by atoms with van der Waals surface area (Å²) < 4.78 is 6.12. The lowest BCUT2D eigenvalue weighted by molar-refractivity contribution is -0.133. The van der Waals surface area contributed by atoms with Gasteiger partial charge in [0.15, 0.2) is 5.78 Å². The average Bonchev–Trinajstić information content (AvgIpc) is 3.44. The number of carbonyl (C=O) groups is 3. The van der Waals surface area contributed by atoms with Gasteiger partial charge in [0.2, 0.25) is 0 Å². The first kappa shape index (κ1) is 25.1. The highest BCUT2D eigenvalue weighted by atomic mass is 16.5. The van der Waals surface area contributed by atoms with E-state index in [0.717, 1.165) is 41.9 Å². The van der Waals surface area contributed by atoms with Crippen LogP contribution >= 0.6 is 0 Å². The standard InChI is InChI=1S/C31H42N2O4/c1-32(31-18-21-14-22(19-31)16-23(31)15-21)12-5-3-2-4-6-13-37-29-9-7-8-25-26(29)20-33(30(25)36)27-11-10-24(34)17-28(27)35/h7-9,21-23,27H,2-6,10-20H2,1H3. The number of Topliss-reactive ketones (excluding diaryl/α,β-unsaturated/α-hetero) is 2. The molecule has 200 valence electrons. The number of ketones is 2. The van der Waals surface area contributed by atoms with E-state index in [1.807, 2.05) is 18.2 Å². The van der Waals surface area contributed by atoms with Gasteiger partial charge < -0.3 is 14.5 Å². The van der Waals surface area contributed by atoms with E-state index < -0.39 is 6.04 Å². The largest absolute Gasteiger partial charge is 0.493 e. The molecule has 4 bridgehead atoms. The van der Waals surface area contributed by atoms with Crippen molar-refractivity contribution in [1.29, 1.82) is 0 Å². The Kier molecular flexibility index (Phi) is 6.89. The lowest BCUT2D eigenvalue weighted by Gasteiger charge is -2.41. The fourth-order valence-corrected chi connectivity index (χ4v) is 8.66. The van der Waals surface area contributed by atoms with Crippen LogP contribution in [0.2, 0.25) is 0 Å². The molecule has 0 N–H and O–H groups in total. The monoisotopic (exact) mass is 506 g/mol. The van der Waals surface area contributed by atoms with Crippen molar-refractivity contribution in [1.82, 2.24) is 9.80 Å². The molecule has 7 rings (SSSR count). The molecule has 5 fully saturated rings. The van der Waals surface area contributed by atoms with Crippen LogP contribution in [0.3, 0.4) is 0 Å². The Morgan fingerprint density at radius 2 is 1.76 bits per heavy atom. The quantitative estimate of drug-likeness (QED) is 0.306. The Hall–Kier alpha value is -2.21. The number of nitrogens with zero attached hydrogens (tertiary/aromatic N) is 2. The highest BCUT2D eigenvalue weighted by Gasteiger charge is 2.59. The normalized spacial score (nSPS) is 32.2. The molecule has 3 atom stereocenters.